The molecular weight excluding hydrogens is 1230 g/mol. The van der Waals surface area contributed by atoms with E-state index in [0.717, 1.165) is 35.4 Å². The number of urea groups is 2. The molecule has 0 saturated carbocycles. The first kappa shape index (κ1) is 67.5. The molecule has 0 bridgehead atoms. The van der Waals surface area contributed by atoms with Crippen LogP contribution in [0, 0.1) is 13.8 Å². The van der Waals surface area contributed by atoms with Crippen LogP contribution in [0.25, 0.3) is 0 Å². The number of nitrogens with one attached hydrogen (secondary N) is 6. The van der Waals surface area contributed by atoms with Crippen molar-refractivity contribution in [2.75, 3.05) is 35.4 Å². The van der Waals surface area contributed by atoms with Gasteiger partial charge in [-0.1, -0.05) is 58.6 Å². The Morgan fingerprint density at radius 2 is 0.744 bits per heavy atom. The minimum Gasteiger partial charge on any atom is -0.457 e. The van der Waals surface area contributed by atoms with E-state index in [1.165, 1.54) is 75.0 Å². The number of alkyl halides is 6. The molecule has 8 rings (SSSR count). The summed E-state index contributed by atoms with van der Waals surface area (Å²) in [6.07, 6.45) is -6.42. The molecule has 0 spiro atoms. The Hall–Kier alpha value is -9.32. The molecule has 2 aromatic heterocycles. The maximum Gasteiger partial charge on any atom is 0.417 e. The van der Waals surface area contributed by atoms with Gasteiger partial charge in [-0.2, -0.15) is 43.2 Å². The van der Waals surface area contributed by atoms with Crippen molar-refractivity contribution < 1.29 is 80.9 Å². The van der Waals surface area contributed by atoms with Gasteiger partial charge in [-0.3, -0.25) is 28.7 Å². The van der Waals surface area contributed by atoms with E-state index in [9.17, 15) is 62.4 Å². The SMILES string of the molecule is CNC(=O)c1cc(Oc2ccc(NC(=O)Nc3ccc(Cl)c(C(F)(F)F)c3)cc2)ccn1.CNC(=O)c1cc(Oc2ccc(NC(=O)Nc3ccc(Cl)c(C(F)(F)F)c3)cc2)ccn1.Cc1ccc(S(=O)(=O)O)cc1.Cc1ccc(S(=O)(=O)O)cc1. The molecule has 30 heteroatoms. The van der Waals surface area contributed by atoms with Crippen LogP contribution in [0.5, 0.6) is 23.0 Å². The molecule has 452 valence electrons. The zero-order valence-corrected chi connectivity index (χ0v) is 48.0. The molecular formula is C56H48Cl2F6N8O12S2. The lowest BCUT2D eigenvalue weighted by molar-refractivity contribution is -0.138. The monoisotopic (exact) mass is 1270 g/mol. The first-order valence-corrected chi connectivity index (χ1v) is 27.8. The molecule has 0 unspecified atom stereocenters. The van der Waals surface area contributed by atoms with Gasteiger partial charge in [0.1, 0.15) is 34.4 Å². The number of aryl methyl sites for hydroxylation is 2. The summed E-state index contributed by atoms with van der Waals surface area (Å²) in [6, 6.07) is 35.2. The van der Waals surface area contributed by atoms with Crippen molar-refractivity contribution in [1.29, 1.82) is 0 Å². The number of carbonyl (C=O) groups excluding carboxylic acids is 4. The summed E-state index contributed by atoms with van der Waals surface area (Å²) in [5.41, 5.74) is 0.818. The van der Waals surface area contributed by atoms with Gasteiger partial charge in [0, 0.05) is 61.4 Å². The predicted octanol–water partition coefficient (Wildman–Crippen LogP) is 13.6. The van der Waals surface area contributed by atoms with Crippen molar-refractivity contribution in [3.8, 4) is 23.0 Å². The first-order valence-electron chi connectivity index (χ1n) is 24.2. The molecule has 86 heavy (non-hydrogen) atoms. The van der Waals surface area contributed by atoms with Gasteiger partial charge in [0.25, 0.3) is 32.1 Å². The number of halogens is 8. The highest BCUT2D eigenvalue weighted by atomic mass is 35.5. The van der Waals surface area contributed by atoms with Gasteiger partial charge in [0.2, 0.25) is 0 Å². The second kappa shape index (κ2) is 30.0. The molecule has 0 aliphatic rings. The predicted molar refractivity (Wildman–Crippen MR) is 308 cm³/mol. The lowest BCUT2D eigenvalue weighted by atomic mass is 10.2. The number of anilines is 4. The van der Waals surface area contributed by atoms with Crippen LogP contribution in [0.2, 0.25) is 10.0 Å². The zero-order chi connectivity index (χ0) is 63.6. The van der Waals surface area contributed by atoms with Crippen molar-refractivity contribution in [3.05, 3.63) is 214 Å². The van der Waals surface area contributed by atoms with Crippen molar-refractivity contribution in [3.63, 3.8) is 0 Å². The third-order valence-electron chi connectivity index (χ3n) is 10.8. The third kappa shape index (κ3) is 21.7. The van der Waals surface area contributed by atoms with Crippen LogP contribution in [0.1, 0.15) is 43.2 Å². The van der Waals surface area contributed by atoms with Crippen LogP contribution in [0.15, 0.2) is 180 Å². The number of hydrogen-bond donors (Lipinski definition) is 8. The molecule has 0 fully saturated rings. The van der Waals surface area contributed by atoms with E-state index < -0.39 is 65.8 Å². The quantitative estimate of drug-likeness (QED) is 0.0417. The van der Waals surface area contributed by atoms with Gasteiger partial charge in [-0.15, -0.1) is 0 Å². The fraction of sp³-hybridized carbons (Fsp3) is 0.107. The molecule has 0 atom stereocenters. The summed E-state index contributed by atoms with van der Waals surface area (Å²) in [4.78, 5) is 55.3. The minimum atomic E-state index is -4.64. The van der Waals surface area contributed by atoms with Gasteiger partial charge >= 0.3 is 24.4 Å². The second-order valence-corrected chi connectivity index (χ2v) is 20.9. The molecule has 8 aromatic rings. The van der Waals surface area contributed by atoms with E-state index in [0.29, 0.717) is 34.4 Å². The van der Waals surface area contributed by atoms with Crippen LogP contribution in [0.3, 0.4) is 0 Å². The van der Waals surface area contributed by atoms with E-state index in [1.807, 2.05) is 13.8 Å². The highest BCUT2D eigenvalue weighted by Gasteiger charge is 2.34. The molecule has 6 aromatic carbocycles. The number of rotatable bonds is 12. The molecule has 2 heterocycles. The maximum atomic E-state index is 12.9. The number of ether oxygens (including phenoxy) is 2. The van der Waals surface area contributed by atoms with Crippen LogP contribution in [-0.4, -0.2) is 73.9 Å². The summed E-state index contributed by atoms with van der Waals surface area (Å²) >= 11 is 11.1. The molecule has 20 nitrogen and oxygen atoms in total. The van der Waals surface area contributed by atoms with E-state index in [-0.39, 0.29) is 44.4 Å². The smallest absolute Gasteiger partial charge is 0.417 e. The highest BCUT2D eigenvalue weighted by molar-refractivity contribution is 7.86. The number of pyridine rings is 2. The zero-order valence-electron chi connectivity index (χ0n) is 44.9. The minimum absolute atomic E-state index is 0.0659. The van der Waals surface area contributed by atoms with Crippen LogP contribution < -0.4 is 41.4 Å². The molecule has 6 amide bonds. The van der Waals surface area contributed by atoms with Crippen LogP contribution in [0.4, 0.5) is 58.7 Å². The Labute approximate surface area is 497 Å². The first-order chi connectivity index (χ1) is 40.3. The van der Waals surface area contributed by atoms with Gasteiger partial charge in [0.15, 0.2) is 0 Å². The standard InChI is InChI=1S/2C21H16ClF3N4O3.2C7H8O3S/c2*1-26-19(30)18-11-15(8-9-27-18)32-14-5-2-12(3-6-14)28-20(31)29-13-4-7-17(22)16(10-13)21(23,24)25;2*1-6-2-4-7(5-3-6)11(8,9)10/h2*2-11H,1H3,(H,26,30)(H2,28,29,31);2*2-5H,1H3,(H,8,9,10). The fourth-order valence-electron chi connectivity index (χ4n) is 6.59. The summed E-state index contributed by atoms with van der Waals surface area (Å²) in [5.74, 6) is 0.920. The Morgan fingerprint density at radius 1 is 0.442 bits per heavy atom. The molecule has 0 aliphatic carbocycles. The van der Waals surface area contributed by atoms with Gasteiger partial charge < -0.3 is 41.4 Å². The maximum absolute atomic E-state index is 12.9. The number of nitrogens with zero attached hydrogens (tertiary/aromatic N) is 2. The van der Waals surface area contributed by atoms with Crippen LogP contribution in [-0.2, 0) is 32.6 Å². The topological polar surface area (TPSA) is 293 Å². The Kier molecular flexibility index (Phi) is 23.5. The number of benzene rings is 6. The summed E-state index contributed by atoms with van der Waals surface area (Å²) < 4.78 is 148. The van der Waals surface area contributed by atoms with Crippen molar-refractivity contribution in [1.82, 2.24) is 20.6 Å². The summed E-state index contributed by atoms with van der Waals surface area (Å²) in [7, 11) is -5.06. The van der Waals surface area contributed by atoms with Crippen molar-refractivity contribution in [2.24, 2.45) is 0 Å². The largest absolute Gasteiger partial charge is 0.457 e. The average Bonchev–Trinajstić information content (AvgIpc) is 3.66. The Balaban J connectivity index is 0.000000233. The van der Waals surface area contributed by atoms with Crippen molar-refractivity contribution >= 4 is 90.1 Å². The lowest BCUT2D eigenvalue weighted by Gasteiger charge is -2.12. The molecule has 0 saturated heterocycles. The Morgan fingerprint density at radius 3 is 1.03 bits per heavy atom. The fourth-order valence-corrected chi connectivity index (χ4v) is 8.00. The second-order valence-electron chi connectivity index (χ2n) is 17.3. The number of aromatic nitrogens is 2. The number of carbonyl (C=O) groups is 4. The van der Waals surface area contributed by atoms with Crippen molar-refractivity contribution in [2.45, 2.75) is 36.0 Å². The molecule has 8 N–H and O–H groups in total. The lowest BCUT2D eigenvalue weighted by Crippen LogP contribution is -2.19. The van der Waals surface area contributed by atoms with Gasteiger partial charge in [-0.25, -0.2) is 9.59 Å². The third-order valence-corrected chi connectivity index (χ3v) is 13.2. The highest BCUT2D eigenvalue weighted by Crippen LogP contribution is 2.38. The van der Waals surface area contributed by atoms with E-state index in [2.05, 4.69) is 41.9 Å². The molecule has 0 aliphatic heterocycles. The van der Waals surface area contributed by atoms with E-state index in [1.54, 1.807) is 84.9 Å². The van der Waals surface area contributed by atoms with Gasteiger partial charge in [-0.05, 0) is 135 Å². The number of amides is 6. The average molecular weight is 1270 g/mol. The normalized spacial score (nSPS) is 11.0. The Bertz CT molecular complexity index is 3660. The summed E-state index contributed by atoms with van der Waals surface area (Å²) in [5, 5.41) is 13.7. The van der Waals surface area contributed by atoms with Gasteiger partial charge in [0.05, 0.1) is 31.0 Å². The number of hydrogen-bond acceptors (Lipinski definition) is 12. The van der Waals surface area contributed by atoms with Crippen LogP contribution >= 0.6 is 23.2 Å². The summed E-state index contributed by atoms with van der Waals surface area (Å²) in [6.45, 7) is 3.68. The van der Waals surface area contributed by atoms with E-state index in [4.69, 9.17) is 41.8 Å². The van der Waals surface area contributed by atoms with E-state index >= 15 is 0 Å². The molecule has 0 radical (unpaired) electrons.